The largest absolute Gasteiger partial charge is 0.340 e. The summed E-state index contributed by atoms with van der Waals surface area (Å²) in [7, 11) is 0. The number of nitrogens with zero attached hydrogens (tertiary/aromatic N) is 3. The third-order valence-corrected chi connectivity index (χ3v) is 4.07. The summed E-state index contributed by atoms with van der Waals surface area (Å²) in [5.41, 5.74) is 2.13. The minimum Gasteiger partial charge on any atom is -0.340 e. The zero-order valence-corrected chi connectivity index (χ0v) is 13.1. The van der Waals surface area contributed by atoms with Crippen LogP contribution in [0.25, 0.3) is 11.3 Å². The summed E-state index contributed by atoms with van der Waals surface area (Å²) in [4.78, 5) is 21.6. The van der Waals surface area contributed by atoms with Gasteiger partial charge in [-0.3, -0.25) is 9.78 Å². The number of benzene rings is 1. The number of rotatable bonds is 3. The predicted octanol–water partition coefficient (Wildman–Crippen LogP) is 1.28. The molecule has 0 spiro atoms. The minimum atomic E-state index is -0.384. The quantitative estimate of drug-likeness (QED) is 0.892. The van der Waals surface area contributed by atoms with Gasteiger partial charge in [-0.25, -0.2) is 4.98 Å². The fourth-order valence-electron chi connectivity index (χ4n) is 2.70. The smallest absolute Gasteiger partial charge is 0.270 e. The molecule has 1 aliphatic heterocycles. The van der Waals surface area contributed by atoms with Crippen molar-refractivity contribution < 1.29 is 0 Å². The van der Waals surface area contributed by atoms with Gasteiger partial charge in [0.2, 0.25) is 5.95 Å². The maximum Gasteiger partial charge on any atom is 0.270 e. The Morgan fingerprint density at radius 1 is 1.26 bits per heavy atom. The second-order valence-corrected chi connectivity index (χ2v) is 5.51. The number of piperazine rings is 1. The molecule has 0 amide bonds. The fourth-order valence-corrected chi connectivity index (χ4v) is 2.70. The second kappa shape index (κ2) is 6.63. The van der Waals surface area contributed by atoms with E-state index >= 15 is 0 Å². The molecule has 118 valence electrons. The van der Waals surface area contributed by atoms with Crippen LogP contribution in [0.4, 0.5) is 5.95 Å². The number of nitrogens with one attached hydrogen (secondary N) is 2. The highest BCUT2D eigenvalue weighted by atomic mass is 16.1. The SMILES string of the molecule is CCc1ccc(-c2nc(N3CCNCC3)[nH]c(=O)c2C#N)cc1. The molecule has 1 aromatic carbocycles. The topological polar surface area (TPSA) is 84.8 Å². The number of anilines is 1. The second-order valence-electron chi connectivity index (χ2n) is 5.51. The van der Waals surface area contributed by atoms with Crippen molar-refractivity contribution in [3.05, 3.63) is 45.7 Å². The van der Waals surface area contributed by atoms with Gasteiger partial charge in [0.25, 0.3) is 5.56 Å². The van der Waals surface area contributed by atoms with Crippen LogP contribution >= 0.6 is 0 Å². The molecule has 2 N–H and O–H groups in total. The van der Waals surface area contributed by atoms with E-state index in [9.17, 15) is 10.1 Å². The first-order chi connectivity index (χ1) is 11.2. The molecule has 0 bridgehead atoms. The zero-order valence-electron chi connectivity index (χ0n) is 13.1. The summed E-state index contributed by atoms with van der Waals surface area (Å²) in [6.45, 7) is 5.35. The van der Waals surface area contributed by atoms with Crippen LogP contribution in [0.3, 0.4) is 0 Å². The molecule has 1 aliphatic rings. The van der Waals surface area contributed by atoms with Crippen molar-refractivity contribution in [2.45, 2.75) is 13.3 Å². The van der Waals surface area contributed by atoms with Crippen molar-refractivity contribution in [2.75, 3.05) is 31.1 Å². The standard InChI is InChI=1S/C17H19N5O/c1-2-12-3-5-13(6-4-12)15-14(11-18)16(23)21-17(20-15)22-9-7-19-8-10-22/h3-6,19H,2,7-10H2,1H3,(H,20,21,23). The van der Waals surface area contributed by atoms with Crippen LogP contribution in [0.15, 0.2) is 29.1 Å². The Labute approximate surface area is 134 Å². The Bertz CT molecular complexity index is 782. The first-order valence-corrected chi connectivity index (χ1v) is 7.82. The van der Waals surface area contributed by atoms with E-state index in [2.05, 4.69) is 22.2 Å². The zero-order chi connectivity index (χ0) is 16.2. The molecule has 0 radical (unpaired) electrons. The molecule has 1 fully saturated rings. The normalized spacial score (nSPS) is 14.5. The van der Waals surface area contributed by atoms with E-state index < -0.39 is 0 Å². The third-order valence-electron chi connectivity index (χ3n) is 4.07. The third kappa shape index (κ3) is 3.10. The number of aromatic nitrogens is 2. The van der Waals surface area contributed by atoms with Crippen LogP contribution in [0.2, 0.25) is 0 Å². The molecule has 1 aromatic heterocycles. The summed E-state index contributed by atoms with van der Waals surface area (Å²) in [6, 6.07) is 9.83. The Balaban J connectivity index is 2.07. The van der Waals surface area contributed by atoms with Gasteiger partial charge >= 0.3 is 0 Å². The van der Waals surface area contributed by atoms with Crippen molar-refractivity contribution in [3.8, 4) is 17.3 Å². The summed E-state index contributed by atoms with van der Waals surface area (Å²) >= 11 is 0. The van der Waals surface area contributed by atoms with Crippen LogP contribution in [-0.4, -0.2) is 36.1 Å². The number of aryl methyl sites for hydroxylation is 1. The molecule has 6 heteroatoms. The first kappa shape index (κ1) is 15.3. The highest BCUT2D eigenvalue weighted by Gasteiger charge is 2.18. The van der Waals surface area contributed by atoms with Crippen molar-refractivity contribution in [3.63, 3.8) is 0 Å². The summed E-state index contributed by atoms with van der Waals surface area (Å²) in [5, 5.41) is 12.6. The maximum absolute atomic E-state index is 12.3. The van der Waals surface area contributed by atoms with Crippen LogP contribution in [0.1, 0.15) is 18.1 Å². The van der Waals surface area contributed by atoms with E-state index in [1.807, 2.05) is 35.2 Å². The van der Waals surface area contributed by atoms with E-state index in [4.69, 9.17) is 0 Å². The molecule has 0 aliphatic carbocycles. The predicted molar refractivity (Wildman–Crippen MR) is 89.5 cm³/mol. The first-order valence-electron chi connectivity index (χ1n) is 7.82. The Morgan fingerprint density at radius 3 is 2.57 bits per heavy atom. The highest BCUT2D eigenvalue weighted by Crippen LogP contribution is 2.22. The van der Waals surface area contributed by atoms with Gasteiger partial charge in [0.15, 0.2) is 0 Å². The average molecular weight is 309 g/mol. The Hall–Kier alpha value is -2.65. The van der Waals surface area contributed by atoms with Crippen LogP contribution in [0.5, 0.6) is 0 Å². The molecule has 2 aromatic rings. The Kier molecular flexibility index (Phi) is 4.40. The lowest BCUT2D eigenvalue weighted by atomic mass is 10.0. The van der Waals surface area contributed by atoms with Crippen molar-refractivity contribution >= 4 is 5.95 Å². The minimum absolute atomic E-state index is 0.0631. The molecule has 6 nitrogen and oxygen atoms in total. The van der Waals surface area contributed by atoms with Gasteiger partial charge < -0.3 is 10.2 Å². The van der Waals surface area contributed by atoms with E-state index in [1.54, 1.807) is 0 Å². The van der Waals surface area contributed by atoms with E-state index in [0.717, 1.165) is 38.2 Å². The van der Waals surface area contributed by atoms with Crippen LogP contribution < -0.4 is 15.8 Å². The Morgan fingerprint density at radius 2 is 1.96 bits per heavy atom. The number of nitriles is 1. The summed E-state index contributed by atoms with van der Waals surface area (Å²) < 4.78 is 0. The van der Waals surface area contributed by atoms with Gasteiger partial charge in [0.05, 0.1) is 5.69 Å². The summed E-state index contributed by atoms with van der Waals surface area (Å²) in [5.74, 6) is 0.532. The van der Waals surface area contributed by atoms with Gasteiger partial charge in [0, 0.05) is 31.7 Å². The highest BCUT2D eigenvalue weighted by molar-refractivity contribution is 5.67. The molecule has 1 saturated heterocycles. The van der Waals surface area contributed by atoms with Gasteiger partial charge in [-0.2, -0.15) is 5.26 Å². The van der Waals surface area contributed by atoms with Gasteiger partial charge in [0.1, 0.15) is 11.6 Å². The lowest BCUT2D eigenvalue weighted by Gasteiger charge is -2.28. The molecule has 23 heavy (non-hydrogen) atoms. The molecular formula is C17H19N5O. The maximum atomic E-state index is 12.3. The summed E-state index contributed by atoms with van der Waals surface area (Å²) in [6.07, 6.45) is 0.945. The fraction of sp³-hybridized carbons (Fsp3) is 0.353. The van der Waals surface area contributed by atoms with Crippen molar-refractivity contribution in [2.24, 2.45) is 0 Å². The van der Waals surface area contributed by atoms with E-state index in [1.165, 1.54) is 5.56 Å². The van der Waals surface area contributed by atoms with E-state index in [0.29, 0.717) is 11.6 Å². The molecule has 0 unspecified atom stereocenters. The lowest BCUT2D eigenvalue weighted by Crippen LogP contribution is -2.44. The molecule has 3 rings (SSSR count). The van der Waals surface area contributed by atoms with Crippen LogP contribution in [-0.2, 0) is 6.42 Å². The molecule has 0 saturated carbocycles. The van der Waals surface area contributed by atoms with Gasteiger partial charge in [-0.15, -0.1) is 0 Å². The van der Waals surface area contributed by atoms with Crippen molar-refractivity contribution in [1.82, 2.24) is 15.3 Å². The van der Waals surface area contributed by atoms with Gasteiger partial charge in [-0.05, 0) is 12.0 Å². The van der Waals surface area contributed by atoms with E-state index in [-0.39, 0.29) is 11.1 Å². The monoisotopic (exact) mass is 309 g/mol. The molecule has 2 heterocycles. The number of hydrogen-bond donors (Lipinski definition) is 2. The van der Waals surface area contributed by atoms with Crippen LogP contribution in [0, 0.1) is 11.3 Å². The number of hydrogen-bond acceptors (Lipinski definition) is 5. The number of H-pyrrole nitrogens is 1. The lowest BCUT2D eigenvalue weighted by molar-refractivity contribution is 0.579. The van der Waals surface area contributed by atoms with Gasteiger partial charge in [-0.1, -0.05) is 31.2 Å². The number of aromatic amines is 1. The van der Waals surface area contributed by atoms with Crippen molar-refractivity contribution in [1.29, 1.82) is 5.26 Å². The average Bonchev–Trinajstić information content (AvgIpc) is 2.62. The molecule has 0 atom stereocenters. The molecular weight excluding hydrogens is 290 g/mol.